The molecule has 1 aromatic heterocycles. The smallest absolute Gasteiger partial charge is 0.258 e. The Morgan fingerprint density at radius 1 is 0.923 bits per heavy atom. The Morgan fingerprint density at radius 2 is 1.64 bits per heavy atom. The van der Waals surface area contributed by atoms with Gasteiger partial charge in [0.25, 0.3) is 11.8 Å². The van der Waals surface area contributed by atoms with Crippen LogP contribution in [-0.2, 0) is 16.4 Å². The molecule has 4 rings (SSSR count). The quantitative estimate of drug-likeness (QED) is 0.446. The molecule has 206 valence electrons. The molecule has 1 aliphatic rings. The molecular weight excluding hydrogens is 519 g/mol. The van der Waals surface area contributed by atoms with Crippen molar-refractivity contribution in [1.29, 1.82) is 0 Å². The van der Waals surface area contributed by atoms with Crippen LogP contribution in [0.25, 0.3) is 0 Å². The lowest BCUT2D eigenvalue weighted by Crippen LogP contribution is -2.34. The second-order valence-electron chi connectivity index (χ2n) is 9.51. The summed E-state index contributed by atoms with van der Waals surface area (Å²) < 4.78 is 38.2. The standard InChI is InChI=1S/C29H33FN4O4S/c30-25-7-9-26(10-8-25)39(37,38)19-17-33-28(35)23-6-11-27-24(20-23)21-32-14-4-2-1-3-5-18-34(27)29(36)22-12-15-31-16-13-22/h6-13,15-16,20,32H,1-5,14,17-19,21H2,(H,33,35). The molecule has 0 aliphatic carbocycles. The molecule has 0 saturated carbocycles. The number of pyridine rings is 1. The summed E-state index contributed by atoms with van der Waals surface area (Å²) in [5.41, 5.74) is 2.46. The average Bonchev–Trinajstić information content (AvgIpc) is 2.93. The van der Waals surface area contributed by atoms with E-state index in [-0.39, 0.29) is 23.1 Å². The number of hydrogen-bond donors (Lipinski definition) is 2. The lowest BCUT2D eigenvalue weighted by atomic mass is 10.0. The van der Waals surface area contributed by atoms with Gasteiger partial charge in [0.2, 0.25) is 0 Å². The van der Waals surface area contributed by atoms with Crippen molar-refractivity contribution >= 4 is 27.3 Å². The summed E-state index contributed by atoms with van der Waals surface area (Å²) in [4.78, 5) is 32.2. The molecule has 2 aromatic carbocycles. The Kier molecular flexibility index (Phi) is 9.78. The number of carbonyl (C=O) groups is 2. The van der Waals surface area contributed by atoms with Crippen molar-refractivity contribution in [2.24, 2.45) is 0 Å². The molecule has 0 unspecified atom stereocenters. The van der Waals surface area contributed by atoms with E-state index in [1.165, 1.54) is 12.1 Å². The van der Waals surface area contributed by atoms with Crippen LogP contribution in [0.5, 0.6) is 0 Å². The van der Waals surface area contributed by atoms with Gasteiger partial charge >= 0.3 is 0 Å². The number of sulfone groups is 1. The molecule has 0 radical (unpaired) electrons. The number of benzene rings is 2. The number of anilines is 1. The fourth-order valence-corrected chi connectivity index (χ4v) is 5.70. The molecule has 3 aromatic rings. The van der Waals surface area contributed by atoms with Gasteiger partial charge < -0.3 is 15.5 Å². The molecule has 0 spiro atoms. The van der Waals surface area contributed by atoms with E-state index in [0.29, 0.717) is 24.2 Å². The summed E-state index contributed by atoms with van der Waals surface area (Å²) in [5.74, 6) is -1.37. The fourth-order valence-electron chi connectivity index (χ4n) is 4.55. The van der Waals surface area contributed by atoms with Crippen LogP contribution >= 0.6 is 0 Å². The summed E-state index contributed by atoms with van der Waals surface area (Å²) in [7, 11) is -3.68. The Labute approximate surface area is 228 Å². The van der Waals surface area contributed by atoms with Gasteiger partial charge in [0.1, 0.15) is 5.82 Å². The first-order valence-corrected chi connectivity index (χ1v) is 14.8. The first kappa shape index (κ1) is 28.4. The minimum atomic E-state index is -3.68. The van der Waals surface area contributed by atoms with Gasteiger partial charge in [-0.25, -0.2) is 12.8 Å². The van der Waals surface area contributed by atoms with Gasteiger partial charge in [-0.15, -0.1) is 0 Å². The number of fused-ring (bicyclic) bond motifs is 1. The number of aromatic nitrogens is 1. The molecule has 2 heterocycles. The predicted molar refractivity (Wildman–Crippen MR) is 148 cm³/mol. The van der Waals surface area contributed by atoms with E-state index in [0.717, 1.165) is 62.0 Å². The van der Waals surface area contributed by atoms with Crippen molar-refractivity contribution in [3.05, 3.63) is 89.5 Å². The van der Waals surface area contributed by atoms with Crippen molar-refractivity contribution < 1.29 is 22.4 Å². The van der Waals surface area contributed by atoms with E-state index in [2.05, 4.69) is 15.6 Å². The van der Waals surface area contributed by atoms with Crippen molar-refractivity contribution in [2.45, 2.75) is 43.5 Å². The highest BCUT2D eigenvalue weighted by Gasteiger charge is 2.22. The Balaban J connectivity index is 1.52. The highest BCUT2D eigenvalue weighted by molar-refractivity contribution is 7.91. The third-order valence-corrected chi connectivity index (χ3v) is 8.42. The zero-order valence-electron chi connectivity index (χ0n) is 21.7. The van der Waals surface area contributed by atoms with Crippen LogP contribution in [0.3, 0.4) is 0 Å². The van der Waals surface area contributed by atoms with Crippen LogP contribution in [-0.4, -0.2) is 50.6 Å². The molecular formula is C29H33FN4O4S. The molecule has 1 aliphatic heterocycles. The summed E-state index contributed by atoms with van der Waals surface area (Å²) in [6.45, 7) is 1.77. The fraction of sp³-hybridized carbons (Fsp3) is 0.345. The van der Waals surface area contributed by atoms with Crippen LogP contribution in [0.1, 0.15) is 58.4 Å². The Hall–Kier alpha value is -3.63. The lowest BCUT2D eigenvalue weighted by Gasteiger charge is -2.27. The van der Waals surface area contributed by atoms with Crippen LogP contribution < -0.4 is 15.5 Å². The minimum absolute atomic E-state index is 0.00276. The zero-order valence-corrected chi connectivity index (χ0v) is 22.6. The van der Waals surface area contributed by atoms with Crippen LogP contribution in [0.15, 0.2) is 71.9 Å². The first-order valence-electron chi connectivity index (χ1n) is 13.2. The van der Waals surface area contributed by atoms with Gasteiger partial charge in [0, 0.05) is 48.8 Å². The molecule has 8 nitrogen and oxygen atoms in total. The van der Waals surface area contributed by atoms with Gasteiger partial charge in [-0.2, -0.15) is 0 Å². The zero-order chi connectivity index (χ0) is 27.7. The SMILES string of the molecule is O=C(NCCS(=O)(=O)c1ccc(F)cc1)c1ccc2c(c1)CNCCCCCCCN2C(=O)c1ccncc1. The summed E-state index contributed by atoms with van der Waals surface area (Å²) in [5, 5.41) is 6.10. The highest BCUT2D eigenvalue weighted by atomic mass is 32.2. The largest absolute Gasteiger partial charge is 0.351 e. The van der Waals surface area contributed by atoms with Crippen molar-refractivity contribution in [3.8, 4) is 0 Å². The molecule has 0 bridgehead atoms. The third-order valence-electron chi connectivity index (χ3n) is 6.68. The summed E-state index contributed by atoms with van der Waals surface area (Å²) in [6, 6.07) is 13.2. The molecule has 0 saturated heterocycles. The third kappa shape index (κ3) is 7.70. The number of amides is 2. The van der Waals surface area contributed by atoms with Gasteiger partial charge in [-0.05, 0) is 79.5 Å². The van der Waals surface area contributed by atoms with E-state index < -0.39 is 21.6 Å². The van der Waals surface area contributed by atoms with E-state index in [1.807, 2.05) is 0 Å². The van der Waals surface area contributed by atoms with Crippen LogP contribution in [0.4, 0.5) is 10.1 Å². The lowest BCUT2D eigenvalue weighted by molar-refractivity contribution is 0.0954. The average molecular weight is 553 g/mol. The molecule has 10 heteroatoms. The number of rotatable bonds is 6. The second-order valence-corrected chi connectivity index (χ2v) is 11.6. The van der Waals surface area contributed by atoms with Gasteiger partial charge in [-0.3, -0.25) is 14.6 Å². The molecule has 2 amide bonds. The van der Waals surface area contributed by atoms with Gasteiger partial charge in [-0.1, -0.05) is 19.3 Å². The summed E-state index contributed by atoms with van der Waals surface area (Å²) >= 11 is 0. The number of nitrogens with one attached hydrogen (secondary N) is 2. The van der Waals surface area contributed by atoms with E-state index in [1.54, 1.807) is 47.6 Å². The second kappa shape index (κ2) is 13.4. The molecule has 0 atom stereocenters. The van der Waals surface area contributed by atoms with E-state index in [9.17, 15) is 22.4 Å². The topological polar surface area (TPSA) is 108 Å². The molecule has 0 fully saturated rings. The van der Waals surface area contributed by atoms with Crippen molar-refractivity contribution in [3.63, 3.8) is 0 Å². The maximum Gasteiger partial charge on any atom is 0.258 e. The Bertz CT molecular complexity index is 1380. The van der Waals surface area contributed by atoms with Crippen molar-refractivity contribution in [2.75, 3.05) is 30.3 Å². The van der Waals surface area contributed by atoms with Crippen molar-refractivity contribution in [1.82, 2.24) is 15.6 Å². The number of halogens is 1. The van der Waals surface area contributed by atoms with Crippen LogP contribution in [0, 0.1) is 5.82 Å². The normalized spacial score (nSPS) is 14.9. The number of nitrogens with zero attached hydrogens (tertiary/aromatic N) is 2. The van der Waals surface area contributed by atoms with Crippen LogP contribution in [0.2, 0.25) is 0 Å². The maximum atomic E-state index is 13.5. The minimum Gasteiger partial charge on any atom is -0.351 e. The monoisotopic (exact) mass is 552 g/mol. The van der Waals surface area contributed by atoms with E-state index in [4.69, 9.17) is 0 Å². The predicted octanol–water partition coefficient (Wildman–Crippen LogP) is 4.12. The highest BCUT2D eigenvalue weighted by Crippen LogP contribution is 2.26. The number of carbonyl (C=O) groups excluding carboxylic acids is 2. The maximum absolute atomic E-state index is 13.5. The molecule has 39 heavy (non-hydrogen) atoms. The van der Waals surface area contributed by atoms with Gasteiger partial charge in [0.05, 0.1) is 10.6 Å². The number of hydrogen-bond acceptors (Lipinski definition) is 6. The Morgan fingerprint density at radius 3 is 2.41 bits per heavy atom. The van der Waals surface area contributed by atoms with Gasteiger partial charge in [0.15, 0.2) is 9.84 Å². The first-order chi connectivity index (χ1) is 18.8. The van der Waals surface area contributed by atoms with E-state index >= 15 is 0 Å². The summed E-state index contributed by atoms with van der Waals surface area (Å²) in [6.07, 6.45) is 8.36. The molecule has 2 N–H and O–H groups in total.